The number of carbonyl (C=O) groups is 2. The van der Waals surface area contributed by atoms with Crippen molar-refractivity contribution in [2.45, 2.75) is 32.8 Å². The van der Waals surface area contributed by atoms with E-state index in [0.717, 1.165) is 0 Å². The van der Waals surface area contributed by atoms with Crippen LogP contribution in [0.4, 0.5) is 0 Å². The molecule has 1 saturated heterocycles. The molecule has 5 heteroatoms. The molecular weight excluding hydrogens is 222 g/mol. The minimum absolute atomic E-state index is 0.0253. The van der Waals surface area contributed by atoms with Gasteiger partial charge in [-0.25, -0.2) is 0 Å². The van der Waals surface area contributed by atoms with Crippen LogP contribution in [0.5, 0.6) is 0 Å². The number of aliphatic carboxylic acids is 1. The zero-order valence-corrected chi connectivity index (χ0v) is 10.3. The molecule has 1 unspecified atom stereocenters. The summed E-state index contributed by atoms with van der Waals surface area (Å²) in [5, 5.41) is 9.10. The molecule has 0 aromatic rings. The van der Waals surface area contributed by atoms with Crippen LogP contribution in [0, 0.1) is 11.3 Å². The van der Waals surface area contributed by atoms with Gasteiger partial charge in [0.05, 0.1) is 12.7 Å². The lowest BCUT2D eigenvalue weighted by Gasteiger charge is -2.36. The largest absolute Gasteiger partial charge is 0.480 e. The summed E-state index contributed by atoms with van der Waals surface area (Å²) in [5.74, 6) is -0.861. The maximum atomic E-state index is 12.2. The van der Waals surface area contributed by atoms with Crippen LogP contribution in [-0.4, -0.2) is 47.7 Å². The minimum Gasteiger partial charge on any atom is -0.480 e. The summed E-state index contributed by atoms with van der Waals surface area (Å²) in [5.41, 5.74) is -1.11. The van der Waals surface area contributed by atoms with Crippen molar-refractivity contribution in [3.63, 3.8) is 0 Å². The molecule has 2 aliphatic rings. The highest BCUT2D eigenvalue weighted by molar-refractivity contribution is 6.04. The number of hydrogen-bond donors (Lipinski definition) is 1. The molecule has 0 aromatic carbocycles. The summed E-state index contributed by atoms with van der Waals surface area (Å²) in [6, 6.07) is 0. The molecule has 0 bridgehead atoms. The SMILES string of the molecule is CC(C)C1CN(C(=O)C2(C(=O)O)CC2)CCO1. The van der Waals surface area contributed by atoms with Crippen LogP contribution >= 0.6 is 0 Å². The summed E-state index contributed by atoms with van der Waals surface area (Å²) in [6.45, 7) is 5.62. The monoisotopic (exact) mass is 241 g/mol. The fourth-order valence-corrected chi connectivity index (χ4v) is 2.21. The minimum atomic E-state index is -1.11. The number of amides is 1. The number of rotatable bonds is 3. The second-order valence-corrected chi connectivity index (χ2v) is 5.29. The molecule has 2 fully saturated rings. The summed E-state index contributed by atoms with van der Waals surface area (Å²) in [4.78, 5) is 24.9. The van der Waals surface area contributed by atoms with Crippen molar-refractivity contribution in [1.82, 2.24) is 4.90 Å². The van der Waals surface area contributed by atoms with E-state index in [1.807, 2.05) is 13.8 Å². The number of hydrogen-bond acceptors (Lipinski definition) is 3. The molecule has 96 valence electrons. The van der Waals surface area contributed by atoms with Crippen LogP contribution in [0.15, 0.2) is 0 Å². The van der Waals surface area contributed by atoms with Gasteiger partial charge in [-0.15, -0.1) is 0 Å². The van der Waals surface area contributed by atoms with Crippen molar-refractivity contribution in [1.29, 1.82) is 0 Å². The Labute approximate surface area is 101 Å². The Morgan fingerprint density at radius 2 is 2.06 bits per heavy atom. The van der Waals surface area contributed by atoms with Gasteiger partial charge in [0.1, 0.15) is 5.41 Å². The lowest BCUT2D eigenvalue weighted by molar-refractivity contribution is -0.158. The van der Waals surface area contributed by atoms with Gasteiger partial charge in [0.15, 0.2) is 0 Å². The maximum absolute atomic E-state index is 12.2. The van der Waals surface area contributed by atoms with Gasteiger partial charge in [-0.1, -0.05) is 13.8 Å². The van der Waals surface area contributed by atoms with Crippen LogP contribution in [0.2, 0.25) is 0 Å². The van der Waals surface area contributed by atoms with Crippen molar-refractivity contribution < 1.29 is 19.4 Å². The van der Waals surface area contributed by atoms with E-state index in [9.17, 15) is 9.59 Å². The zero-order valence-electron chi connectivity index (χ0n) is 10.3. The van der Waals surface area contributed by atoms with E-state index in [2.05, 4.69) is 0 Å². The van der Waals surface area contributed by atoms with Gasteiger partial charge in [-0.2, -0.15) is 0 Å². The lowest BCUT2D eigenvalue weighted by atomic mass is 10.0. The molecule has 1 atom stereocenters. The van der Waals surface area contributed by atoms with E-state index in [1.54, 1.807) is 4.90 Å². The Bertz CT molecular complexity index is 335. The van der Waals surface area contributed by atoms with Gasteiger partial charge in [-0.05, 0) is 18.8 Å². The predicted molar refractivity (Wildman–Crippen MR) is 60.5 cm³/mol. The van der Waals surface area contributed by atoms with Crippen molar-refractivity contribution in [3.8, 4) is 0 Å². The molecule has 17 heavy (non-hydrogen) atoms. The second-order valence-electron chi connectivity index (χ2n) is 5.29. The molecular formula is C12H19NO4. The molecule has 1 N–H and O–H groups in total. The topological polar surface area (TPSA) is 66.8 Å². The number of ether oxygens (including phenoxy) is 1. The highest BCUT2D eigenvalue weighted by Crippen LogP contribution is 2.47. The average molecular weight is 241 g/mol. The molecule has 0 radical (unpaired) electrons. The van der Waals surface area contributed by atoms with E-state index in [-0.39, 0.29) is 12.0 Å². The molecule has 2 rings (SSSR count). The smallest absolute Gasteiger partial charge is 0.319 e. The van der Waals surface area contributed by atoms with E-state index < -0.39 is 11.4 Å². The standard InChI is InChI=1S/C12H19NO4/c1-8(2)9-7-13(5-6-17-9)10(14)12(3-4-12)11(15)16/h8-9H,3-7H2,1-2H3,(H,15,16). The average Bonchev–Trinajstić information content (AvgIpc) is 3.09. The molecule has 0 spiro atoms. The maximum Gasteiger partial charge on any atom is 0.319 e. The number of morpholine rings is 1. The fraction of sp³-hybridized carbons (Fsp3) is 0.833. The van der Waals surface area contributed by atoms with Gasteiger partial charge in [-0.3, -0.25) is 9.59 Å². The Kier molecular flexibility index (Phi) is 3.12. The van der Waals surface area contributed by atoms with Crippen molar-refractivity contribution in [2.75, 3.05) is 19.7 Å². The first-order valence-electron chi connectivity index (χ1n) is 6.12. The lowest BCUT2D eigenvalue weighted by Crippen LogP contribution is -2.51. The van der Waals surface area contributed by atoms with Crippen molar-refractivity contribution >= 4 is 11.9 Å². The fourth-order valence-electron chi connectivity index (χ4n) is 2.21. The molecule has 5 nitrogen and oxygen atoms in total. The van der Waals surface area contributed by atoms with Gasteiger partial charge in [0.2, 0.25) is 5.91 Å². The van der Waals surface area contributed by atoms with E-state index in [4.69, 9.17) is 9.84 Å². The quantitative estimate of drug-likeness (QED) is 0.740. The van der Waals surface area contributed by atoms with Crippen molar-refractivity contribution in [3.05, 3.63) is 0 Å². The van der Waals surface area contributed by atoms with E-state index in [1.165, 1.54) is 0 Å². The molecule has 1 saturated carbocycles. The summed E-state index contributed by atoms with van der Waals surface area (Å²) >= 11 is 0. The molecule has 0 aromatic heterocycles. The number of nitrogens with zero attached hydrogens (tertiary/aromatic N) is 1. The first-order valence-corrected chi connectivity index (χ1v) is 6.12. The van der Waals surface area contributed by atoms with Crippen LogP contribution in [0.1, 0.15) is 26.7 Å². The zero-order chi connectivity index (χ0) is 12.6. The van der Waals surface area contributed by atoms with Crippen LogP contribution in [0.3, 0.4) is 0 Å². The van der Waals surface area contributed by atoms with Crippen LogP contribution in [0.25, 0.3) is 0 Å². The van der Waals surface area contributed by atoms with E-state index >= 15 is 0 Å². The van der Waals surface area contributed by atoms with Crippen LogP contribution in [-0.2, 0) is 14.3 Å². The highest BCUT2D eigenvalue weighted by Gasteiger charge is 2.58. The normalized spacial score (nSPS) is 27.0. The summed E-state index contributed by atoms with van der Waals surface area (Å²) in [6.07, 6.45) is 0.979. The van der Waals surface area contributed by atoms with Gasteiger partial charge in [0, 0.05) is 13.1 Å². The second kappa shape index (κ2) is 4.29. The van der Waals surface area contributed by atoms with Gasteiger partial charge >= 0.3 is 5.97 Å². The number of carbonyl (C=O) groups excluding carboxylic acids is 1. The first kappa shape index (κ1) is 12.4. The van der Waals surface area contributed by atoms with Gasteiger partial charge < -0.3 is 14.7 Å². The Morgan fingerprint density at radius 1 is 1.41 bits per heavy atom. The highest BCUT2D eigenvalue weighted by atomic mass is 16.5. The Morgan fingerprint density at radius 3 is 2.53 bits per heavy atom. The molecule has 1 aliphatic carbocycles. The molecule has 1 aliphatic heterocycles. The number of carboxylic acids is 1. The Hall–Kier alpha value is -1.10. The summed E-state index contributed by atoms with van der Waals surface area (Å²) in [7, 11) is 0. The van der Waals surface area contributed by atoms with E-state index in [0.29, 0.717) is 38.5 Å². The first-order chi connectivity index (χ1) is 7.97. The Balaban J connectivity index is 2.03. The van der Waals surface area contributed by atoms with Crippen molar-refractivity contribution in [2.24, 2.45) is 11.3 Å². The third-order valence-corrected chi connectivity index (χ3v) is 3.69. The van der Waals surface area contributed by atoms with Gasteiger partial charge in [0.25, 0.3) is 0 Å². The van der Waals surface area contributed by atoms with Crippen LogP contribution < -0.4 is 0 Å². The third-order valence-electron chi connectivity index (χ3n) is 3.69. The third kappa shape index (κ3) is 2.16. The molecule has 1 heterocycles. The number of carboxylic acid groups (broad SMARTS) is 1. The predicted octanol–water partition coefficient (Wildman–Crippen LogP) is 0.735. The molecule has 1 amide bonds. The summed E-state index contributed by atoms with van der Waals surface area (Å²) < 4.78 is 5.57.